The maximum atomic E-state index is 12.3. The number of rotatable bonds is 2. The molecule has 1 saturated heterocycles. The van der Waals surface area contributed by atoms with Crippen molar-refractivity contribution >= 4 is 11.9 Å². The first-order valence-electron chi connectivity index (χ1n) is 8.01. The molecule has 1 aliphatic carbocycles. The second kappa shape index (κ2) is 5.41. The number of urea groups is 1. The molecule has 2 fully saturated rings. The van der Waals surface area contributed by atoms with Crippen LogP contribution in [0.3, 0.4) is 0 Å². The minimum absolute atomic E-state index is 0.0330. The lowest BCUT2D eigenvalue weighted by atomic mass is 9.79. The third-order valence-corrected chi connectivity index (χ3v) is 5.18. The average Bonchev–Trinajstić information content (AvgIpc) is 2.90. The van der Waals surface area contributed by atoms with Crippen molar-refractivity contribution in [3.8, 4) is 0 Å². The van der Waals surface area contributed by atoms with Crippen LogP contribution in [0.25, 0.3) is 0 Å². The summed E-state index contributed by atoms with van der Waals surface area (Å²) in [6, 6.07) is 9.76. The largest absolute Gasteiger partial charge is 0.324 e. The van der Waals surface area contributed by atoms with Crippen molar-refractivity contribution in [1.29, 1.82) is 0 Å². The third-order valence-electron chi connectivity index (χ3n) is 5.18. The minimum Gasteiger partial charge on any atom is -0.316 e. The number of hydrogen-bond donors (Lipinski definition) is 1. The number of nitrogens with zero attached hydrogens (tertiary/aromatic N) is 1. The molecule has 0 aromatic heterocycles. The number of carbonyl (C=O) groups is 2. The van der Waals surface area contributed by atoms with Gasteiger partial charge in [-0.25, -0.2) is 4.79 Å². The summed E-state index contributed by atoms with van der Waals surface area (Å²) in [7, 11) is 0. The number of nitrogens with one attached hydrogen (secondary N) is 1. The monoisotopic (exact) mass is 300 g/mol. The van der Waals surface area contributed by atoms with Crippen LogP contribution in [0.15, 0.2) is 30.3 Å². The van der Waals surface area contributed by atoms with E-state index >= 15 is 0 Å². The summed E-state index contributed by atoms with van der Waals surface area (Å²) in [5, 5.41) is 2.54. The van der Waals surface area contributed by atoms with Crippen molar-refractivity contribution in [2.75, 3.05) is 0 Å². The second-order valence-electron chi connectivity index (χ2n) is 7.62. The van der Waals surface area contributed by atoms with Crippen LogP contribution in [-0.2, 0) is 11.3 Å². The molecule has 1 aromatic carbocycles. The maximum Gasteiger partial charge on any atom is 0.324 e. The molecule has 0 bridgehead atoms. The molecule has 1 saturated carbocycles. The fourth-order valence-corrected chi connectivity index (χ4v) is 3.74. The Kier molecular flexibility index (Phi) is 3.71. The molecule has 3 rings (SSSR count). The van der Waals surface area contributed by atoms with Gasteiger partial charge in [0.2, 0.25) is 5.91 Å². The standard InChI is InChI=1S/C18H24N2O2/c1-18(2,3)13-9-14-15(10-13)20(17(22)19-16(14)21)11-12-7-5-4-6-8-12/h4-8,13-15H,9-11H2,1-3H3,(H,19,21,22)/t13-,14-,15+/m0/s1. The molecule has 0 unspecified atom stereocenters. The van der Waals surface area contributed by atoms with E-state index in [1.54, 1.807) is 0 Å². The van der Waals surface area contributed by atoms with Gasteiger partial charge >= 0.3 is 6.03 Å². The molecule has 1 aliphatic heterocycles. The molecule has 22 heavy (non-hydrogen) atoms. The molecule has 4 nitrogen and oxygen atoms in total. The fourth-order valence-electron chi connectivity index (χ4n) is 3.74. The molecular weight excluding hydrogens is 276 g/mol. The van der Waals surface area contributed by atoms with E-state index in [0.29, 0.717) is 12.5 Å². The first kappa shape index (κ1) is 15.1. The van der Waals surface area contributed by atoms with Gasteiger partial charge in [-0.15, -0.1) is 0 Å². The quantitative estimate of drug-likeness (QED) is 0.912. The molecule has 3 amide bonds. The number of benzene rings is 1. The summed E-state index contributed by atoms with van der Waals surface area (Å²) < 4.78 is 0. The van der Waals surface area contributed by atoms with Gasteiger partial charge in [-0.3, -0.25) is 10.1 Å². The number of imide groups is 1. The van der Waals surface area contributed by atoms with E-state index in [4.69, 9.17) is 0 Å². The minimum atomic E-state index is -0.246. The molecule has 4 heteroatoms. The third kappa shape index (κ3) is 2.74. The van der Waals surface area contributed by atoms with E-state index in [1.807, 2.05) is 35.2 Å². The molecule has 3 atom stereocenters. The maximum absolute atomic E-state index is 12.3. The molecule has 1 heterocycles. The summed E-state index contributed by atoms with van der Waals surface area (Å²) in [6.07, 6.45) is 1.79. The Bertz CT molecular complexity index is 576. The second-order valence-corrected chi connectivity index (χ2v) is 7.62. The predicted octanol–water partition coefficient (Wildman–Crippen LogP) is 3.18. The topological polar surface area (TPSA) is 49.4 Å². The first-order valence-corrected chi connectivity index (χ1v) is 8.01. The highest BCUT2D eigenvalue weighted by Crippen LogP contribution is 2.45. The highest BCUT2D eigenvalue weighted by atomic mass is 16.2. The lowest BCUT2D eigenvalue weighted by Gasteiger charge is -2.37. The van der Waals surface area contributed by atoms with E-state index in [9.17, 15) is 9.59 Å². The van der Waals surface area contributed by atoms with Gasteiger partial charge in [0, 0.05) is 12.6 Å². The van der Waals surface area contributed by atoms with Crippen molar-refractivity contribution in [2.24, 2.45) is 17.3 Å². The van der Waals surface area contributed by atoms with Gasteiger partial charge < -0.3 is 4.90 Å². The summed E-state index contributed by atoms with van der Waals surface area (Å²) in [5.74, 6) is 0.314. The molecule has 118 valence electrons. The zero-order valence-electron chi connectivity index (χ0n) is 13.5. The molecular formula is C18H24N2O2. The van der Waals surface area contributed by atoms with E-state index in [1.165, 1.54) is 0 Å². The van der Waals surface area contributed by atoms with Crippen molar-refractivity contribution in [3.05, 3.63) is 35.9 Å². The SMILES string of the molecule is CC(C)(C)[C@H]1C[C@@H]2C(=O)NC(=O)N(Cc3ccccc3)[C@@H]2C1. The number of fused-ring (bicyclic) bond motifs is 1. The van der Waals surface area contributed by atoms with Crippen molar-refractivity contribution in [1.82, 2.24) is 10.2 Å². The Morgan fingerprint density at radius 1 is 1.14 bits per heavy atom. The van der Waals surface area contributed by atoms with Gasteiger partial charge in [0.05, 0.1) is 5.92 Å². The summed E-state index contributed by atoms with van der Waals surface area (Å²) in [6.45, 7) is 7.22. The van der Waals surface area contributed by atoms with Crippen molar-refractivity contribution < 1.29 is 9.59 Å². The van der Waals surface area contributed by atoms with Gasteiger partial charge in [-0.1, -0.05) is 51.1 Å². The Labute approximate surface area is 131 Å². The predicted molar refractivity (Wildman–Crippen MR) is 85.0 cm³/mol. The number of carbonyl (C=O) groups excluding carboxylic acids is 2. The lowest BCUT2D eigenvalue weighted by Crippen LogP contribution is -2.57. The normalized spacial score (nSPS) is 28.5. The molecule has 0 spiro atoms. The fraction of sp³-hybridized carbons (Fsp3) is 0.556. The van der Waals surface area contributed by atoms with E-state index < -0.39 is 0 Å². The van der Waals surface area contributed by atoms with E-state index in [2.05, 4.69) is 26.1 Å². The number of hydrogen-bond acceptors (Lipinski definition) is 2. The van der Waals surface area contributed by atoms with Crippen molar-refractivity contribution in [3.63, 3.8) is 0 Å². The highest BCUT2D eigenvalue weighted by molar-refractivity contribution is 5.98. The van der Waals surface area contributed by atoms with Crippen LogP contribution in [0.4, 0.5) is 4.79 Å². The summed E-state index contributed by atoms with van der Waals surface area (Å²) in [5.41, 5.74) is 1.27. The van der Waals surface area contributed by atoms with Gasteiger partial charge in [-0.2, -0.15) is 0 Å². The van der Waals surface area contributed by atoms with Gasteiger partial charge in [0.25, 0.3) is 0 Å². The van der Waals surface area contributed by atoms with Gasteiger partial charge in [0.15, 0.2) is 0 Å². The summed E-state index contributed by atoms with van der Waals surface area (Å²) >= 11 is 0. The molecule has 2 aliphatic rings. The van der Waals surface area contributed by atoms with Crippen LogP contribution in [0, 0.1) is 17.3 Å². The Morgan fingerprint density at radius 3 is 2.45 bits per heavy atom. The smallest absolute Gasteiger partial charge is 0.316 e. The zero-order valence-corrected chi connectivity index (χ0v) is 13.5. The van der Waals surface area contributed by atoms with Gasteiger partial charge in [0.1, 0.15) is 0 Å². The zero-order chi connectivity index (χ0) is 15.9. The summed E-state index contributed by atoms with van der Waals surface area (Å²) in [4.78, 5) is 26.4. The average molecular weight is 300 g/mol. The molecule has 0 radical (unpaired) electrons. The Hall–Kier alpha value is -1.84. The first-order chi connectivity index (χ1) is 10.4. The Morgan fingerprint density at radius 2 is 1.82 bits per heavy atom. The van der Waals surface area contributed by atoms with Crippen LogP contribution in [-0.4, -0.2) is 22.9 Å². The van der Waals surface area contributed by atoms with Crippen LogP contribution < -0.4 is 5.32 Å². The number of amides is 3. The van der Waals surface area contributed by atoms with Crippen LogP contribution in [0.1, 0.15) is 39.2 Å². The molecule has 1 aromatic rings. The Balaban J connectivity index is 1.83. The molecule has 1 N–H and O–H groups in total. The van der Waals surface area contributed by atoms with Crippen LogP contribution >= 0.6 is 0 Å². The highest BCUT2D eigenvalue weighted by Gasteiger charge is 2.49. The van der Waals surface area contributed by atoms with E-state index in [-0.39, 0.29) is 29.3 Å². The van der Waals surface area contributed by atoms with Crippen LogP contribution in [0.2, 0.25) is 0 Å². The van der Waals surface area contributed by atoms with Crippen molar-refractivity contribution in [2.45, 2.75) is 46.2 Å². The lowest BCUT2D eigenvalue weighted by molar-refractivity contribution is -0.127. The van der Waals surface area contributed by atoms with Crippen LogP contribution in [0.5, 0.6) is 0 Å². The van der Waals surface area contributed by atoms with E-state index in [0.717, 1.165) is 18.4 Å². The van der Waals surface area contributed by atoms with Gasteiger partial charge in [-0.05, 0) is 29.7 Å².